The Morgan fingerprint density at radius 1 is 1.10 bits per heavy atom. The number of aliphatic hydroxyl groups excluding tert-OH is 2. The van der Waals surface area contributed by atoms with Crippen LogP contribution in [-0.4, -0.2) is 57.0 Å². The first kappa shape index (κ1) is 10.0. The zero-order valence-electron chi connectivity index (χ0n) is 4.89. The van der Waals surface area contributed by atoms with E-state index < -0.39 is 41.3 Å². The van der Waals surface area contributed by atoms with Crippen LogP contribution in [0.2, 0.25) is 0 Å². The second kappa shape index (κ2) is 3.44. The second-order valence-corrected chi connectivity index (χ2v) is 5.91. The van der Waals surface area contributed by atoms with Gasteiger partial charge in [-0.15, -0.1) is 0 Å². The summed E-state index contributed by atoms with van der Waals surface area (Å²) in [5, 5.41) is 17.3. The molecular weight excluding hydrogens is 250 g/mol. The molecular formula is C4H7O5Sb. The zero-order valence-corrected chi connectivity index (χ0v) is 8.19. The van der Waals surface area contributed by atoms with E-state index in [1.54, 1.807) is 0 Å². The minimum Gasteiger partial charge on any atom is -0.870 e. The van der Waals surface area contributed by atoms with Gasteiger partial charge in [0.05, 0.1) is 0 Å². The summed E-state index contributed by atoms with van der Waals surface area (Å²) in [6.07, 6.45) is -2.78. The van der Waals surface area contributed by atoms with E-state index in [0.29, 0.717) is 0 Å². The molecule has 0 aromatic rings. The van der Waals surface area contributed by atoms with Crippen LogP contribution in [0.15, 0.2) is 0 Å². The molecule has 0 spiro atoms. The van der Waals surface area contributed by atoms with Gasteiger partial charge < -0.3 is 5.48 Å². The van der Waals surface area contributed by atoms with E-state index in [9.17, 15) is 9.59 Å². The van der Waals surface area contributed by atoms with Crippen LogP contribution in [-0.2, 0) is 9.59 Å². The van der Waals surface area contributed by atoms with Crippen LogP contribution in [0.1, 0.15) is 0 Å². The van der Waals surface area contributed by atoms with Gasteiger partial charge in [-0.1, -0.05) is 0 Å². The molecule has 0 saturated carbocycles. The fraction of sp³-hybridized carbons (Fsp3) is 0.500. The number of carbonyl (C=O) groups excluding carboxylic acids is 2. The number of hydrogen-bond donors (Lipinski definition) is 2. The molecule has 2 unspecified atom stereocenters. The molecule has 58 valence electrons. The van der Waals surface area contributed by atoms with Crippen LogP contribution in [0.5, 0.6) is 0 Å². The molecule has 1 saturated heterocycles. The van der Waals surface area contributed by atoms with Crippen molar-refractivity contribution in [3.8, 4) is 0 Å². The Balaban J connectivity index is 0.000000810. The van der Waals surface area contributed by atoms with Crippen LogP contribution in [0.3, 0.4) is 0 Å². The Morgan fingerprint density at radius 2 is 1.40 bits per heavy atom. The summed E-state index contributed by atoms with van der Waals surface area (Å²) in [5.41, 5.74) is 0. The van der Waals surface area contributed by atoms with E-state index >= 15 is 0 Å². The van der Waals surface area contributed by atoms with Crippen LogP contribution in [0, 0.1) is 0 Å². The Morgan fingerprint density at radius 3 is 1.50 bits per heavy atom. The molecule has 5 nitrogen and oxygen atoms in total. The van der Waals surface area contributed by atoms with Gasteiger partial charge in [0.25, 0.3) is 0 Å². The van der Waals surface area contributed by atoms with Gasteiger partial charge >= 0.3 is 61.1 Å². The van der Waals surface area contributed by atoms with E-state index in [1.165, 1.54) is 0 Å². The van der Waals surface area contributed by atoms with Gasteiger partial charge in [-0.2, -0.15) is 0 Å². The maximum absolute atomic E-state index is 10.4. The molecule has 3 N–H and O–H groups in total. The molecule has 0 aromatic heterocycles. The molecule has 1 heterocycles. The molecule has 1 aliphatic rings. The van der Waals surface area contributed by atoms with Gasteiger partial charge in [-0.3, -0.25) is 0 Å². The Labute approximate surface area is 66.9 Å². The maximum Gasteiger partial charge on any atom is -0.870 e. The fourth-order valence-corrected chi connectivity index (χ4v) is 3.44. The summed E-state index contributed by atoms with van der Waals surface area (Å²) < 4.78 is -0.801. The third-order valence-electron chi connectivity index (χ3n) is 1.17. The number of hydrogen-bond acceptors (Lipinski definition) is 5. The largest absolute Gasteiger partial charge is 0.870 e. The van der Waals surface area contributed by atoms with Crippen molar-refractivity contribution in [3.63, 3.8) is 0 Å². The predicted octanol–water partition coefficient (Wildman–Crippen LogP) is -3.23. The molecule has 0 aromatic carbocycles. The maximum atomic E-state index is 10.4. The van der Waals surface area contributed by atoms with Crippen molar-refractivity contribution in [2.75, 3.05) is 0 Å². The predicted molar refractivity (Wildman–Crippen MR) is 32.5 cm³/mol. The molecule has 0 radical (unpaired) electrons. The Kier molecular flexibility index (Phi) is 3.45. The smallest absolute Gasteiger partial charge is 0.870 e. The molecule has 0 aliphatic carbocycles. The van der Waals surface area contributed by atoms with E-state index in [2.05, 4.69) is 0 Å². The Bertz CT molecular complexity index is 149. The summed E-state index contributed by atoms with van der Waals surface area (Å²) in [7, 11) is 0. The van der Waals surface area contributed by atoms with Crippen LogP contribution in [0.4, 0.5) is 0 Å². The standard InChI is InChI=1S/C4H4O4.H2O.Sb.2H/c5-1-3(7)4(8)2-6;;;;/h3-4,7-8H;1H2;;;/q;;+1;;/p-1. The SMILES string of the molecule is O=[C]1[SbH2+][C](=O)C(O)C1O.[OH-]. The summed E-state index contributed by atoms with van der Waals surface area (Å²) in [6, 6.07) is 0. The van der Waals surface area contributed by atoms with Gasteiger partial charge in [0, 0.05) is 0 Å². The average molecular weight is 257 g/mol. The van der Waals surface area contributed by atoms with E-state index in [4.69, 9.17) is 10.2 Å². The van der Waals surface area contributed by atoms with Crippen molar-refractivity contribution >= 4 is 29.1 Å². The molecule has 1 rings (SSSR count). The van der Waals surface area contributed by atoms with E-state index in [-0.39, 0.29) is 5.48 Å². The summed E-state index contributed by atoms with van der Waals surface area (Å²) in [6.45, 7) is 0. The normalized spacial score (nSPS) is 34.6. The third kappa shape index (κ3) is 1.55. The Hall–Kier alpha value is 0.0382. The van der Waals surface area contributed by atoms with Gasteiger partial charge in [0.15, 0.2) is 0 Å². The first-order valence-electron chi connectivity index (χ1n) is 2.41. The van der Waals surface area contributed by atoms with Crippen LogP contribution < -0.4 is 0 Å². The summed E-state index contributed by atoms with van der Waals surface area (Å²) in [5.74, 6) is 0. The minimum absolute atomic E-state index is 0. The molecule has 10 heavy (non-hydrogen) atoms. The van der Waals surface area contributed by atoms with Crippen molar-refractivity contribution in [1.82, 2.24) is 0 Å². The first-order chi connectivity index (χ1) is 4.13. The quantitative estimate of drug-likeness (QED) is 0.444. The average Bonchev–Trinajstić information content (AvgIpc) is 1.98. The first-order valence-corrected chi connectivity index (χ1v) is 5.71. The van der Waals surface area contributed by atoms with Crippen molar-refractivity contribution < 1.29 is 25.3 Å². The van der Waals surface area contributed by atoms with Crippen LogP contribution in [0.25, 0.3) is 0 Å². The third-order valence-corrected chi connectivity index (χ3v) is 4.74. The van der Waals surface area contributed by atoms with E-state index in [0.717, 1.165) is 0 Å². The minimum atomic E-state index is -1.90. The molecule has 6 heteroatoms. The van der Waals surface area contributed by atoms with Crippen molar-refractivity contribution in [3.05, 3.63) is 0 Å². The summed E-state index contributed by atoms with van der Waals surface area (Å²) >= 11 is -1.90. The van der Waals surface area contributed by atoms with Crippen molar-refractivity contribution in [1.29, 1.82) is 0 Å². The molecule has 0 amide bonds. The van der Waals surface area contributed by atoms with Crippen LogP contribution >= 0.6 is 0 Å². The number of aliphatic hydroxyl groups is 2. The van der Waals surface area contributed by atoms with Gasteiger partial charge in [0.2, 0.25) is 0 Å². The zero-order chi connectivity index (χ0) is 7.02. The topological polar surface area (TPSA) is 105 Å². The monoisotopic (exact) mass is 256 g/mol. The van der Waals surface area contributed by atoms with Gasteiger partial charge in [-0.25, -0.2) is 0 Å². The van der Waals surface area contributed by atoms with Crippen molar-refractivity contribution in [2.45, 2.75) is 12.2 Å². The number of carbonyl (C=O) groups is 2. The molecule has 2 atom stereocenters. The molecule has 1 aliphatic heterocycles. The van der Waals surface area contributed by atoms with Gasteiger partial charge in [-0.05, 0) is 0 Å². The van der Waals surface area contributed by atoms with Gasteiger partial charge in [0.1, 0.15) is 0 Å². The van der Waals surface area contributed by atoms with Crippen molar-refractivity contribution in [2.24, 2.45) is 0 Å². The molecule has 0 bridgehead atoms. The molecule has 1 fully saturated rings. The fourth-order valence-electron chi connectivity index (χ4n) is 0.622. The van der Waals surface area contributed by atoms with E-state index in [1.807, 2.05) is 0 Å². The summed E-state index contributed by atoms with van der Waals surface area (Å²) in [4.78, 5) is 20.9. The number of rotatable bonds is 0. The second-order valence-electron chi connectivity index (χ2n) is 1.84.